The van der Waals surface area contributed by atoms with E-state index in [0.29, 0.717) is 0 Å². The van der Waals surface area contributed by atoms with Crippen molar-refractivity contribution in [1.29, 1.82) is 0 Å². The summed E-state index contributed by atoms with van der Waals surface area (Å²) in [6.07, 6.45) is 0.554. The van der Waals surface area contributed by atoms with Crippen molar-refractivity contribution in [1.82, 2.24) is 4.98 Å². The first kappa shape index (κ1) is 22.5. The first-order valence-electron chi connectivity index (χ1n) is 14.5. The van der Waals surface area contributed by atoms with Crippen molar-refractivity contribution in [3.05, 3.63) is 109 Å². The van der Waals surface area contributed by atoms with Gasteiger partial charge >= 0.3 is 202 Å². The summed E-state index contributed by atoms with van der Waals surface area (Å²) in [5, 5.41) is 7.36. The van der Waals surface area contributed by atoms with Crippen LogP contribution < -0.4 is 4.40 Å². The number of hydrogen-bond donors (Lipinski definition) is 0. The standard InChI is InChI=1S/C36H35GeN/c1-24(2)19-28-22-36(38-23-35(28)37(3,4)5)27-16-18-31-29-13-9-10-14-30(29)33-20-26(25-11-7-6-8-12-25)15-17-32(33)34(31)21-27/h6-18,20-24H,19H2,1-5H3/i19D2. The molecule has 1 aromatic heterocycles. The third-order valence-corrected chi connectivity index (χ3v) is 11.6. The second kappa shape index (κ2) is 9.71. The molecule has 0 spiro atoms. The van der Waals surface area contributed by atoms with E-state index in [1.807, 2.05) is 26.1 Å². The molecule has 1 heterocycles. The van der Waals surface area contributed by atoms with Crippen molar-refractivity contribution in [3.63, 3.8) is 0 Å². The second-order valence-corrected chi connectivity index (χ2v) is 22.2. The van der Waals surface area contributed by atoms with Crippen molar-refractivity contribution in [3.8, 4) is 22.4 Å². The molecule has 0 aliphatic rings. The van der Waals surface area contributed by atoms with Crippen LogP contribution in [0.25, 0.3) is 54.7 Å². The fraction of sp³-hybridized carbons (Fsp3) is 0.194. The van der Waals surface area contributed by atoms with Gasteiger partial charge in [0.25, 0.3) is 0 Å². The second-order valence-electron chi connectivity index (χ2n) is 11.6. The van der Waals surface area contributed by atoms with E-state index in [4.69, 9.17) is 7.73 Å². The summed E-state index contributed by atoms with van der Waals surface area (Å²) in [6, 6.07) is 34.6. The molecular weight excluding hydrogens is 519 g/mol. The number of benzene rings is 5. The first-order chi connectivity index (χ1) is 19.1. The Morgan fingerprint density at radius 3 is 1.84 bits per heavy atom. The molecule has 1 nitrogen and oxygen atoms in total. The molecule has 0 N–H and O–H groups in total. The molecule has 188 valence electrons. The molecule has 0 amide bonds. The van der Waals surface area contributed by atoms with E-state index in [1.165, 1.54) is 43.4 Å². The molecule has 0 unspecified atom stereocenters. The predicted octanol–water partition coefficient (Wildman–Crippen LogP) is 9.62. The van der Waals surface area contributed by atoms with E-state index in [0.717, 1.165) is 21.2 Å². The van der Waals surface area contributed by atoms with Gasteiger partial charge in [0.2, 0.25) is 0 Å². The number of pyridine rings is 1. The molecule has 0 saturated heterocycles. The van der Waals surface area contributed by atoms with Crippen molar-refractivity contribution < 1.29 is 2.74 Å². The van der Waals surface area contributed by atoms with Crippen LogP contribution >= 0.6 is 0 Å². The Bertz CT molecular complexity index is 1890. The summed E-state index contributed by atoms with van der Waals surface area (Å²) in [7, 11) is 0. The van der Waals surface area contributed by atoms with Crippen LogP contribution in [0.15, 0.2) is 103 Å². The Balaban J connectivity index is 1.61. The van der Waals surface area contributed by atoms with Crippen LogP contribution in [0.1, 0.15) is 22.2 Å². The zero-order chi connectivity index (χ0) is 28.2. The number of hydrogen-bond acceptors (Lipinski definition) is 1. The van der Waals surface area contributed by atoms with E-state index in [1.54, 1.807) is 0 Å². The number of aromatic nitrogens is 1. The molecule has 0 radical (unpaired) electrons. The fourth-order valence-electron chi connectivity index (χ4n) is 5.57. The number of fused-ring (bicyclic) bond motifs is 6. The molecule has 6 aromatic rings. The molecule has 0 fully saturated rings. The Morgan fingerprint density at radius 1 is 0.632 bits per heavy atom. The monoisotopic (exact) mass is 557 g/mol. The number of nitrogens with zero attached hydrogens (tertiary/aromatic N) is 1. The molecular formula is C36H35GeN. The molecule has 0 aliphatic carbocycles. The Labute approximate surface area is 231 Å². The van der Waals surface area contributed by atoms with Gasteiger partial charge in [-0.1, -0.05) is 30.3 Å². The van der Waals surface area contributed by atoms with Crippen LogP contribution in [0.3, 0.4) is 0 Å². The van der Waals surface area contributed by atoms with Gasteiger partial charge in [-0.2, -0.15) is 0 Å². The van der Waals surface area contributed by atoms with Gasteiger partial charge in [0, 0.05) is 0 Å². The maximum absolute atomic E-state index is 8.99. The minimum atomic E-state index is -2.36. The van der Waals surface area contributed by atoms with E-state index in [-0.39, 0.29) is 5.92 Å². The van der Waals surface area contributed by atoms with Gasteiger partial charge in [-0.25, -0.2) is 0 Å². The molecule has 0 bridgehead atoms. The fourth-order valence-corrected chi connectivity index (χ4v) is 8.51. The summed E-state index contributed by atoms with van der Waals surface area (Å²) in [6.45, 7) is 3.94. The third kappa shape index (κ3) is 4.54. The van der Waals surface area contributed by atoms with Gasteiger partial charge in [0.05, 0.1) is 0 Å². The Morgan fingerprint density at radius 2 is 1.18 bits per heavy atom. The van der Waals surface area contributed by atoms with Crippen LogP contribution in [0.5, 0.6) is 0 Å². The number of rotatable bonds is 5. The topological polar surface area (TPSA) is 12.9 Å². The Hall–Kier alpha value is -3.43. The average Bonchev–Trinajstić information content (AvgIpc) is 2.96. The van der Waals surface area contributed by atoms with Crippen molar-refractivity contribution in [2.24, 2.45) is 5.92 Å². The predicted molar refractivity (Wildman–Crippen MR) is 169 cm³/mol. The molecule has 5 aromatic carbocycles. The minimum absolute atomic E-state index is 0.128. The molecule has 0 saturated carbocycles. The first-order valence-corrected chi connectivity index (χ1v) is 20.8. The zero-order valence-electron chi connectivity index (χ0n) is 24.8. The van der Waals surface area contributed by atoms with Crippen LogP contribution in [0.4, 0.5) is 0 Å². The van der Waals surface area contributed by atoms with Gasteiger partial charge in [-0.15, -0.1) is 0 Å². The molecule has 6 rings (SSSR count). The van der Waals surface area contributed by atoms with Crippen LogP contribution in [-0.4, -0.2) is 18.3 Å². The summed E-state index contributed by atoms with van der Waals surface area (Å²) < 4.78 is 19.1. The molecule has 0 atom stereocenters. The third-order valence-electron chi connectivity index (χ3n) is 7.40. The van der Waals surface area contributed by atoms with E-state index in [2.05, 4.69) is 108 Å². The van der Waals surface area contributed by atoms with E-state index < -0.39 is 19.6 Å². The van der Waals surface area contributed by atoms with Crippen LogP contribution in [0, 0.1) is 5.92 Å². The van der Waals surface area contributed by atoms with Gasteiger partial charge in [-0.05, 0) is 0 Å². The normalized spacial score (nSPS) is 13.3. The van der Waals surface area contributed by atoms with Crippen molar-refractivity contribution in [2.75, 3.05) is 0 Å². The SMILES string of the molecule is [2H]C([2H])(c1cc(-c2ccc3c4ccccc4c4cc(-c5ccccc5)ccc4c3c2)nc[c]1[Ge]([CH3])([CH3])[CH3])C(C)C. The maximum atomic E-state index is 8.99. The van der Waals surface area contributed by atoms with E-state index >= 15 is 0 Å². The van der Waals surface area contributed by atoms with Gasteiger partial charge in [-0.3, -0.25) is 0 Å². The average molecular weight is 556 g/mol. The van der Waals surface area contributed by atoms with Crippen molar-refractivity contribution in [2.45, 2.75) is 37.5 Å². The molecule has 38 heavy (non-hydrogen) atoms. The zero-order valence-corrected chi connectivity index (χ0v) is 24.9. The van der Waals surface area contributed by atoms with E-state index in [9.17, 15) is 0 Å². The van der Waals surface area contributed by atoms with Gasteiger partial charge < -0.3 is 0 Å². The molecule has 0 aliphatic heterocycles. The Kier molecular flexibility index (Phi) is 5.76. The summed E-state index contributed by atoms with van der Waals surface area (Å²) in [4.78, 5) is 4.93. The summed E-state index contributed by atoms with van der Waals surface area (Å²) in [5.74, 6) is 6.81. The summed E-state index contributed by atoms with van der Waals surface area (Å²) >= 11 is -2.36. The van der Waals surface area contributed by atoms with Crippen LogP contribution in [0.2, 0.25) is 17.3 Å². The van der Waals surface area contributed by atoms with Gasteiger partial charge in [0.15, 0.2) is 0 Å². The van der Waals surface area contributed by atoms with Crippen LogP contribution in [-0.2, 0) is 6.37 Å². The molecule has 2 heteroatoms. The summed E-state index contributed by atoms with van der Waals surface area (Å²) in [5.41, 5.74) is 5.08. The van der Waals surface area contributed by atoms with Gasteiger partial charge in [0.1, 0.15) is 0 Å². The van der Waals surface area contributed by atoms with Crippen molar-refractivity contribution >= 4 is 50.0 Å². The quantitative estimate of drug-likeness (QED) is 0.152.